The standard InChI is InChI=1S/C12H25NO2/c1-11(2)8-13(3)9-12(10-14)4-6-15-7-5-12/h11,14H,4-10H2,1-3H3. The molecule has 0 aromatic heterocycles. The van der Waals surface area contributed by atoms with Crippen LogP contribution in [0.1, 0.15) is 26.7 Å². The van der Waals surface area contributed by atoms with Gasteiger partial charge in [-0.1, -0.05) is 13.8 Å². The van der Waals surface area contributed by atoms with Crippen LogP contribution in [0.3, 0.4) is 0 Å². The summed E-state index contributed by atoms with van der Waals surface area (Å²) in [6.45, 7) is 8.44. The first kappa shape index (κ1) is 12.9. The Labute approximate surface area is 93.4 Å². The van der Waals surface area contributed by atoms with Gasteiger partial charge in [0.2, 0.25) is 0 Å². The normalized spacial score (nSPS) is 21.2. The van der Waals surface area contributed by atoms with Crippen molar-refractivity contribution < 1.29 is 9.84 Å². The Bertz CT molecular complexity index is 176. The maximum atomic E-state index is 9.54. The smallest absolute Gasteiger partial charge is 0.0501 e. The molecule has 1 saturated heterocycles. The monoisotopic (exact) mass is 215 g/mol. The maximum Gasteiger partial charge on any atom is 0.0501 e. The van der Waals surface area contributed by atoms with Crippen molar-refractivity contribution >= 4 is 0 Å². The van der Waals surface area contributed by atoms with Crippen LogP contribution >= 0.6 is 0 Å². The third kappa shape index (κ3) is 4.09. The molecule has 0 bridgehead atoms. The van der Waals surface area contributed by atoms with Crippen LogP contribution in [0.5, 0.6) is 0 Å². The molecule has 0 aliphatic carbocycles. The lowest BCUT2D eigenvalue weighted by atomic mass is 9.80. The Kier molecular flexibility index (Phi) is 5.03. The lowest BCUT2D eigenvalue weighted by Crippen LogP contribution is -2.43. The Morgan fingerprint density at radius 1 is 1.33 bits per heavy atom. The molecule has 0 aromatic carbocycles. The van der Waals surface area contributed by atoms with Gasteiger partial charge in [-0.2, -0.15) is 0 Å². The minimum atomic E-state index is 0.0852. The molecule has 1 aliphatic rings. The molecule has 0 saturated carbocycles. The van der Waals surface area contributed by atoms with Crippen molar-refractivity contribution in [1.29, 1.82) is 0 Å². The summed E-state index contributed by atoms with van der Waals surface area (Å²) in [4.78, 5) is 2.34. The topological polar surface area (TPSA) is 32.7 Å². The molecule has 0 aromatic rings. The first-order chi connectivity index (χ1) is 7.08. The van der Waals surface area contributed by atoms with Crippen LogP contribution in [0.15, 0.2) is 0 Å². The Balaban J connectivity index is 2.43. The number of hydrogen-bond donors (Lipinski definition) is 1. The number of rotatable bonds is 5. The molecule has 1 fully saturated rings. The molecule has 1 heterocycles. The van der Waals surface area contributed by atoms with E-state index in [0.29, 0.717) is 12.5 Å². The molecule has 0 radical (unpaired) electrons. The van der Waals surface area contributed by atoms with E-state index in [1.165, 1.54) is 0 Å². The van der Waals surface area contributed by atoms with Gasteiger partial charge in [0, 0.05) is 31.7 Å². The zero-order valence-corrected chi connectivity index (χ0v) is 10.3. The molecular formula is C12H25NO2. The minimum absolute atomic E-state index is 0.0852. The molecule has 1 aliphatic heterocycles. The molecule has 0 spiro atoms. The predicted molar refractivity (Wildman–Crippen MR) is 61.9 cm³/mol. The molecule has 0 amide bonds. The van der Waals surface area contributed by atoms with Crippen LogP contribution < -0.4 is 0 Å². The molecule has 90 valence electrons. The van der Waals surface area contributed by atoms with E-state index in [1.807, 2.05) is 0 Å². The molecule has 0 unspecified atom stereocenters. The van der Waals surface area contributed by atoms with Gasteiger partial charge >= 0.3 is 0 Å². The highest BCUT2D eigenvalue weighted by molar-refractivity contribution is 4.84. The van der Waals surface area contributed by atoms with Gasteiger partial charge in [-0.05, 0) is 25.8 Å². The average molecular weight is 215 g/mol. The summed E-state index contributed by atoms with van der Waals surface area (Å²) in [7, 11) is 2.15. The second-order valence-electron chi connectivity index (χ2n) is 5.36. The molecule has 3 nitrogen and oxygen atoms in total. The predicted octanol–water partition coefficient (Wildman–Crippen LogP) is 1.36. The van der Waals surface area contributed by atoms with Crippen molar-refractivity contribution in [3.8, 4) is 0 Å². The zero-order chi connectivity index (χ0) is 11.3. The highest BCUT2D eigenvalue weighted by atomic mass is 16.5. The van der Waals surface area contributed by atoms with E-state index >= 15 is 0 Å². The molecule has 15 heavy (non-hydrogen) atoms. The van der Waals surface area contributed by atoms with Gasteiger partial charge in [-0.15, -0.1) is 0 Å². The van der Waals surface area contributed by atoms with Crippen LogP contribution in [0.4, 0.5) is 0 Å². The molecule has 0 atom stereocenters. The first-order valence-electron chi connectivity index (χ1n) is 5.95. The second-order valence-corrected chi connectivity index (χ2v) is 5.36. The van der Waals surface area contributed by atoms with Crippen molar-refractivity contribution in [3.05, 3.63) is 0 Å². The van der Waals surface area contributed by atoms with Gasteiger partial charge in [0.1, 0.15) is 0 Å². The summed E-state index contributed by atoms with van der Waals surface area (Å²) < 4.78 is 5.36. The number of hydrogen-bond acceptors (Lipinski definition) is 3. The molecule has 1 N–H and O–H groups in total. The van der Waals surface area contributed by atoms with Crippen LogP contribution in [-0.2, 0) is 4.74 Å². The van der Waals surface area contributed by atoms with Gasteiger partial charge in [-0.3, -0.25) is 0 Å². The minimum Gasteiger partial charge on any atom is -0.396 e. The summed E-state index contributed by atoms with van der Waals surface area (Å²) >= 11 is 0. The van der Waals surface area contributed by atoms with Crippen molar-refractivity contribution in [3.63, 3.8) is 0 Å². The van der Waals surface area contributed by atoms with Crippen LogP contribution in [-0.4, -0.2) is 50.0 Å². The van der Waals surface area contributed by atoms with Crippen LogP contribution in [0.25, 0.3) is 0 Å². The molecule has 1 rings (SSSR count). The SMILES string of the molecule is CC(C)CN(C)CC1(CO)CCOCC1. The molecular weight excluding hydrogens is 190 g/mol. The van der Waals surface area contributed by atoms with Crippen molar-refractivity contribution in [2.24, 2.45) is 11.3 Å². The summed E-state index contributed by atoms with van der Waals surface area (Å²) in [5.41, 5.74) is 0.0852. The number of ether oxygens (including phenoxy) is 1. The Morgan fingerprint density at radius 3 is 2.40 bits per heavy atom. The van der Waals surface area contributed by atoms with Gasteiger partial charge in [0.25, 0.3) is 0 Å². The maximum absolute atomic E-state index is 9.54. The van der Waals surface area contributed by atoms with Crippen LogP contribution in [0.2, 0.25) is 0 Å². The van der Waals surface area contributed by atoms with Crippen molar-refractivity contribution in [2.45, 2.75) is 26.7 Å². The van der Waals surface area contributed by atoms with E-state index in [1.54, 1.807) is 0 Å². The van der Waals surface area contributed by atoms with E-state index in [9.17, 15) is 5.11 Å². The highest BCUT2D eigenvalue weighted by Gasteiger charge is 2.33. The largest absolute Gasteiger partial charge is 0.396 e. The zero-order valence-electron chi connectivity index (χ0n) is 10.3. The Morgan fingerprint density at radius 2 is 1.93 bits per heavy atom. The van der Waals surface area contributed by atoms with E-state index in [2.05, 4.69) is 25.8 Å². The summed E-state index contributed by atoms with van der Waals surface area (Å²) in [5, 5.41) is 9.54. The molecule has 3 heteroatoms. The quantitative estimate of drug-likeness (QED) is 0.751. The third-order valence-corrected chi connectivity index (χ3v) is 3.17. The van der Waals surface area contributed by atoms with E-state index in [0.717, 1.165) is 39.1 Å². The fourth-order valence-electron chi connectivity index (χ4n) is 2.43. The van der Waals surface area contributed by atoms with Gasteiger partial charge in [0.15, 0.2) is 0 Å². The number of aliphatic hydroxyl groups is 1. The van der Waals surface area contributed by atoms with Gasteiger partial charge in [-0.25, -0.2) is 0 Å². The number of aliphatic hydroxyl groups excluding tert-OH is 1. The average Bonchev–Trinajstić information content (AvgIpc) is 2.17. The third-order valence-electron chi connectivity index (χ3n) is 3.17. The summed E-state index contributed by atoms with van der Waals surface area (Å²) in [6.07, 6.45) is 1.98. The van der Waals surface area contributed by atoms with Crippen LogP contribution in [0, 0.1) is 11.3 Å². The first-order valence-corrected chi connectivity index (χ1v) is 5.95. The summed E-state index contributed by atoms with van der Waals surface area (Å²) in [5.74, 6) is 0.686. The van der Waals surface area contributed by atoms with Gasteiger partial charge in [0.05, 0.1) is 6.61 Å². The lowest BCUT2D eigenvalue weighted by Gasteiger charge is -2.39. The van der Waals surface area contributed by atoms with E-state index in [4.69, 9.17) is 4.74 Å². The van der Waals surface area contributed by atoms with Gasteiger partial charge < -0.3 is 14.7 Å². The second kappa shape index (κ2) is 5.83. The van der Waals surface area contributed by atoms with E-state index < -0.39 is 0 Å². The van der Waals surface area contributed by atoms with Crippen molar-refractivity contribution in [1.82, 2.24) is 4.90 Å². The fourth-order valence-corrected chi connectivity index (χ4v) is 2.43. The summed E-state index contributed by atoms with van der Waals surface area (Å²) in [6, 6.07) is 0. The van der Waals surface area contributed by atoms with Crippen molar-refractivity contribution in [2.75, 3.05) is 40.0 Å². The fraction of sp³-hybridized carbons (Fsp3) is 1.00. The number of nitrogens with zero attached hydrogens (tertiary/aromatic N) is 1. The van der Waals surface area contributed by atoms with E-state index in [-0.39, 0.29) is 5.41 Å². The highest BCUT2D eigenvalue weighted by Crippen LogP contribution is 2.30. The Hall–Kier alpha value is -0.120. The lowest BCUT2D eigenvalue weighted by molar-refractivity contribution is -0.0319.